The van der Waals surface area contributed by atoms with E-state index in [0.717, 1.165) is 25.1 Å². The molecule has 16 heavy (non-hydrogen) atoms. The summed E-state index contributed by atoms with van der Waals surface area (Å²) in [4.78, 5) is 0. The van der Waals surface area contributed by atoms with Gasteiger partial charge >= 0.3 is 0 Å². The van der Waals surface area contributed by atoms with Crippen LogP contribution in [0.25, 0.3) is 0 Å². The number of hydrogen-bond donors (Lipinski definition) is 1. The summed E-state index contributed by atoms with van der Waals surface area (Å²) in [6, 6.07) is 3.40. The highest BCUT2D eigenvalue weighted by atomic mass is 35.5. The molecule has 0 fully saturated rings. The molecule has 1 nitrogen and oxygen atoms in total. The van der Waals surface area contributed by atoms with Crippen molar-refractivity contribution in [3.63, 3.8) is 0 Å². The Bertz CT molecular complexity index is 325. The number of halogens is 3. The Morgan fingerprint density at radius 3 is 2.00 bits per heavy atom. The number of rotatable bonds is 5. The first-order valence-electron chi connectivity index (χ1n) is 5.46. The second-order valence-corrected chi connectivity index (χ2v) is 5.06. The van der Waals surface area contributed by atoms with Gasteiger partial charge in [-0.1, -0.05) is 61.5 Å². The maximum Gasteiger partial charge on any atom is 0.0720 e. The predicted molar refractivity (Wildman–Crippen MR) is 74.0 cm³/mol. The van der Waals surface area contributed by atoms with E-state index in [1.807, 2.05) is 0 Å². The van der Waals surface area contributed by atoms with Crippen LogP contribution in [0.1, 0.15) is 26.7 Å². The molecule has 4 heteroatoms. The van der Waals surface area contributed by atoms with E-state index in [1.54, 1.807) is 12.1 Å². The molecule has 0 heterocycles. The van der Waals surface area contributed by atoms with Crippen molar-refractivity contribution in [3.8, 4) is 0 Å². The maximum atomic E-state index is 6.07. The standard InChI is InChI=1S/C12H16Cl3N/c1-3-8(4-2)7-16-12-10(14)5-9(13)6-11(12)15/h5-6,8,16H,3-4,7H2,1-2H3. The fourth-order valence-corrected chi connectivity index (χ4v) is 2.49. The van der Waals surface area contributed by atoms with E-state index >= 15 is 0 Å². The van der Waals surface area contributed by atoms with Crippen molar-refractivity contribution >= 4 is 40.5 Å². The number of hydrogen-bond acceptors (Lipinski definition) is 1. The quantitative estimate of drug-likeness (QED) is 0.751. The van der Waals surface area contributed by atoms with Crippen LogP contribution in [0.5, 0.6) is 0 Å². The van der Waals surface area contributed by atoms with Crippen molar-refractivity contribution in [2.24, 2.45) is 5.92 Å². The van der Waals surface area contributed by atoms with E-state index in [0.29, 0.717) is 21.0 Å². The first kappa shape index (κ1) is 14.0. The van der Waals surface area contributed by atoms with E-state index < -0.39 is 0 Å². The van der Waals surface area contributed by atoms with Crippen LogP contribution in [0.3, 0.4) is 0 Å². The normalized spacial score (nSPS) is 10.9. The van der Waals surface area contributed by atoms with Crippen LogP contribution in [0.15, 0.2) is 12.1 Å². The second kappa shape index (κ2) is 6.58. The predicted octanol–water partition coefficient (Wildman–Crippen LogP) is 5.49. The van der Waals surface area contributed by atoms with Gasteiger partial charge in [-0.3, -0.25) is 0 Å². The molecular weight excluding hydrogens is 264 g/mol. The average Bonchev–Trinajstić information content (AvgIpc) is 2.22. The molecule has 0 aliphatic carbocycles. The minimum Gasteiger partial charge on any atom is -0.382 e. The molecule has 0 spiro atoms. The third-order valence-electron chi connectivity index (χ3n) is 2.73. The molecule has 0 saturated carbocycles. The van der Waals surface area contributed by atoms with Crippen LogP contribution in [-0.2, 0) is 0 Å². The highest BCUT2D eigenvalue weighted by Gasteiger charge is 2.09. The Kier molecular flexibility index (Phi) is 5.74. The van der Waals surface area contributed by atoms with E-state index in [4.69, 9.17) is 34.8 Å². The van der Waals surface area contributed by atoms with Crippen LogP contribution in [0, 0.1) is 5.92 Å². The lowest BCUT2D eigenvalue weighted by molar-refractivity contribution is 0.519. The first-order chi connectivity index (χ1) is 7.58. The molecule has 0 unspecified atom stereocenters. The minimum atomic E-state index is 0.558. The Morgan fingerprint density at radius 1 is 1.06 bits per heavy atom. The Balaban J connectivity index is 2.74. The van der Waals surface area contributed by atoms with E-state index in [9.17, 15) is 0 Å². The Hall–Kier alpha value is -0.110. The summed E-state index contributed by atoms with van der Waals surface area (Å²) in [7, 11) is 0. The van der Waals surface area contributed by atoms with Gasteiger partial charge in [0.1, 0.15) is 0 Å². The molecule has 0 atom stereocenters. The first-order valence-corrected chi connectivity index (χ1v) is 6.60. The lowest BCUT2D eigenvalue weighted by atomic mass is 10.0. The van der Waals surface area contributed by atoms with Crippen LogP contribution in [0.2, 0.25) is 15.1 Å². The molecule has 0 saturated heterocycles. The summed E-state index contributed by atoms with van der Waals surface area (Å²) in [5.74, 6) is 0.641. The Morgan fingerprint density at radius 2 is 1.56 bits per heavy atom. The van der Waals surface area contributed by atoms with Gasteiger partial charge in [-0.15, -0.1) is 0 Å². The third kappa shape index (κ3) is 3.73. The van der Waals surface area contributed by atoms with Gasteiger partial charge in [-0.25, -0.2) is 0 Å². The molecule has 1 aromatic rings. The van der Waals surface area contributed by atoms with Crippen LogP contribution < -0.4 is 5.32 Å². The van der Waals surface area contributed by atoms with Gasteiger partial charge in [0.2, 0.25) is 0 Å². The summed E-state index contributed by atoms with van der Waals surface area (Å²) < 4.78 is 0. The number of benzene rings is 1. The number of nitrogens with one attached hydrogen (secondary N) is 1. The van der Waals surface area contributed by atoms with Crippen molar-refractivity contribution in [1.29, 1.82) is 0 Å². The van der Waals surface area contributed by atoms with Gasteiger partial charge in [-0.05, 0) is 18.1 Å². The summed E-state index contributed by atoms with van der Waals surface area (Å²) in [6.07, 6.45) is 2.29. The molecular formula is C12H16Cl3N. The summed E-state index contributed by atoms with van der Waals surface area (Å²) >= 11 is 18.0. The zero-order valence-electron chi connectivity index (χ0n) is 9.49. The van der Waals surface area contributed by atoms with Crippen molar-refractivity contribution in [2.45, 2.75) is 26.7 Å². The molecule has 0 radical (unpaired) electrons. The monoisotopic (exact) mass is 279 g/mol. The minimum absolute atomic E-state index is 0.558. The molecule has 1 aromatic carbocycles. The van der Waals surface area contributed by atoms with Gasteiger partial charge in [0, 0.05) is 11.6 Å². The van der Waals surface area contributed by atoms with Gasteiger partial charge in [0.15, 0.2) is 0 Å². The molecule has 0 aliphatic heterocycles. The summed E-state index contributed by atoms with van der Waals surface area (Å²) in [5.41, 5.74) is 0.777. The van der Waals surface area contributed by atoms with E-state index in [1.165, 1.54) is 0 Å². The van der Waals surface area contributed by atoms with Crippen molar-refractivity contribution in [1.82, 2.24) is 0 Å². The lowest BCUT2D eigenvalue weighted by Crippen LogP contribution is -2.13. The molecule has 0 amide bonds. The van der Waals surface area contributed by atoms with Gasteiger partial charge in [-0.2, -0.15) is 0 Å². The van der Waals surface area contributed by atoms with Crippen molar-refractivity contribution < 1.29 is 0 Å². The molecule has 0 aliphatic rings. The molecule has 90 valence electrons. The van der Waals surface area contributed by atoms with Crippen molar-refractivity contribution in [2.75, 3.05) is 11.9 Å². The third-order valence-corrected chi connectivity index (χ3v) is 3.54. The van der Waals surface area contributed by atoms with Gasteiger partial charge in [0.05, 0.1) is 15.7 Å². The zero-order chi connectivity index (χ0) is 12.1. The fraction of sp³-hybridized carbons (Fsp3) is 0.500. The molecule has 1 rings (SSSR count). The average molecular weight is 281 g/mol. The topological polar surface area (TPSA) is 12.0 Å². The van der Waals surface area contributed by atoms with Crippen molar-refractivity contribution in [3.05, 3.63) is 27.2 Å². The van der Waals surface area contributed by atoms with Gasteiger partial charge < -0.3 is 5.32 Å². The fourth-order valence-electron chi connectivity index (χ4n) is 1.53. The molecule has 1 N–H and O–H groups in total. The second-order valence-electron chi connectivity index (χ2n) is 3.81. The largest absolute Gasteiger partial charge is 0.382 e. The SMILES string of the molecule is CCC(CC)CNc1c(Cl)cc(Cl)cc1Cl. The molecule has 0 aromatic heterocycles. The smallest absolute Gasteiger partial charge is 0.0720 e. The highest BCUT2D eigenvalue weighted by Crippen LogP contribution is 2.33. The van der Waals surface area contributed by atoms with Crippen LogP contribution in [0.4, 0.5) is 5.69 Å². The molecule has 0 bridgehead atoms. The maximum absolute atomic E-state index is 6.07. The van der Waals surface area contributed by atoms with E-state index in [-0.39, 0.29) is 0 Å². The number of anilines is 1. The van der Waals surface area contributed by atoms with E-state index in [2.05, 4.69) is 19.2 Å². The van der Waals surface area contributed by atoms with Gasteiger partial charge in [0.25, 0.3) is 0 Å². The highest BCUT2D eigenvalue weighted by molar-refractivity contribution is 6.41. The van der Waals surface area contributed by atoms with Crippen LogP contribution in [-0.4, -0.2) is 6.54 Å². The van der Waals surface area contributed by atoms with Crippen LogP contribution >= 0.6 is 34.8 Å². The zero-order valence-corrected chi connectivity index (χ0v) is 11.8. The lowest BCUT2D eigenvalue weighted by Gasteiger charge is -2.16. The summed E-state index contributed by atoms with van der Waals surface area (Å²) in [5, 5.41) is 4.99. The Labute approximate surface area is 112 Å². The summed E-state index contributed by atoms with van der Waals surface area (Å²) in [6.45, 7) is 5.25.